The van der Waals surface area contributed by atoms with Crippen LogP contribution in [0.1, 0.15) is 65.2 Å². The van der Waals surface area contributed by atoms with Gasteiger partial charge in [0.15, 0.2) is 5.75 Å². The molecule has 0 unspecified atom stereocenters. The van der Waals surface area contributed by atoms with Crippen molar-refractivity contribution >= 4 is 16.6 Å². The summed E-state index contributed by atoms with van der Waals surface area (Å²) in [5.74, 6) is 0.543. The molecule has 2 aromatic rings. The Morgan fingerprint density at radius 1 is 1.00 bits per heavy atom. The van der Waals surface area contributed by atoms with Gasteiger partial charge in [-0.2, -0.15) is 0 Å². The molecule has 0 fully saturated rings. The van der Waals surface area contributed by atoms with Gasteiger partial charge in [0.1, 0.15) is 0 Å². The van der Waals surface area contributed by atoms with Crippen LogP contribution in [0.3, 0.4) is 0 Å². The maximum Gasteiger partial charge on any atom is 0.297 e. The Balaban J connectivity index is 2.48. The third-order valence-electron chi connectivity index (χ3n) is 5.06. The van der Waals surface area contributed by atoms with E-state index in [2.05, 4.69) is 13.8 Å². The van der Waals surface area contributed by atoms with E-state index < -0.39 is 4.92 Å². The number of nitro groups is 1. The Bertz CT molecular complexity index is 876. The average molecular weight is 405 g/mol. The summed E-state index contributed by atoms with van der Waals surface area (Å²) in [5, 5.41) is 11.9. The molecule has 1 aromatic carbocycles. The zero-order chi connectivity index (χ0) is 21.2. The zero-order valence-corrected chi connectivity index (χ0v) is 17.7. The smallest absolute Gasteiger partial charge is 0.297 e. The van der Waals surface area contributed by atoms with Crippen LogP contribution in [0.4, 0.5) is 5.69 Å². The van der Waals surface area contributed by atoms with Crippen molar-refractivity contribution in [3.05, 3.63) is 38.7 Å². The first-order valence-corrected chi connectivity index (χ1v) is 10.6. The molecular weight excluding hydrogens is 372 g/mol. The number of ether oxygens (including phenoxy) is 2. The predicted molar refractivity (Wildman–Crippen MR) is 115 cm³/mol. The maximum absolute atomic E-state index is 13.2. The lowest BCUT2D eigenvalue weighted by Crippen LogP contribution is -2.24. The average Bonchev–Trinajstić information content (AvgIpc) is 2.72. The molecule has 0 amide bonds. The van der Waals surface area contributed by atoms with Gasteiger partial charge in [-0.3, -0.25) is 14.9 Å². The van der Waals surface area contributed by atoms with E-state index in [0.717, 1.165) is 51.4 Å². The van der Waals surface area contributed by atoms with Crippen LogP contribution in [0.15, 0.2) is 23.0 Å². The standard InChI is InChI=1S/C22H32N2O5/c1-4-6-8-10-14-23-19-16-17(24(26)27)12-13-18(19)20(28-3)21(22(23)25)29-15-11-9-7-5-2/h12-13,16H,4-11,14-15H2,1-3H3. The van der Waals surface area contributed by atoms with Gasteiger partial charge in [-0.25, -0.2) is 0 Å². The number of aryl methyl sites for hydroxylation is 1. The molecule has 160 valence electrons. The highest BCUT2D eigenvalue weighted by atomic mass is 16.6. The number of non-ortho nitro benzene ring substituents is 1. The molecule has 0 spiro atoms. The van der Waals surface area contributed by atoms with Crippen molar-refractivity contribution in [3.63, 3.8) is 0 Å². The van der Waals surface area contributed by atoms with E-state index in [-0.39, 0.29) is 17.0 Å². The molecule has 29 heavy (non-hydrogen) atoms. The number of pyridine rings is 1. The first kappa shape index (κ1) is 22.7. The second-order valence-electron chi connectivity index (χ2n) is 7.25. The lowest BCUT2D eigenvalue weighted by Gasteiger charge is -2.17. The highest BCUT2D eigenvalue weighted by molar-refractivity contribution is 5.89. The summed E-state index contributed by atoms with van der Waals surface area (Å²) < 4.78 is 13.0. The Morgan fingerprint density at radius 2 is 1.69 bits per heavy atom. The van der Waals surface area contributed by atoms with Crippen molar-refractivity contribution in [2.75, 3.05) is 13.7 Å². The first-order valence-electron chi connectivity index (χ1n) is 10.6. The van der Waals surface area contributed by atoms with Gasteiger partial charge in [-0.15, -0.1) is 0 Å². The van der Waals surface area contributed by atoms with E-state index in [1.165, 1.54) is 19.2 Å². The van der Waals surface area contributed by atoms with Gasteiger partial charge in [-0.05, 0) is 18.9 Å². The van der Waals surface area contributed by atoms with Gasteiger partial charge in [0.05, 0.1) is 24.2 Å². The van der Waals surface area contributed by atoms with Crippen molar-refractivity contribution < 1.29 is 14.4 Å². The Morgan fingerprint density at radius 3 is 2.31 bits per heavy atom. The van der Waals surface area contributed by atoms with E-state index in [9.17, 15) is 14.9 Å². The molecule has 0 N–H and O–H groups in total. The Labute approximate surface area is 171 Å². The number of hydrogen-bond donors (Lipinski definition) is 0. The summed E-state index contributed by atoms with van der Waals surface area (Å²) >= 11 is 0. The quantitative estimate of drug-likeness (QED) is 0.251. The number of nitrogens with zero attached hydrogens (tertiary/aromatic N) is 2. The van der Waals surface area contributed by atoms with E-state index in [1.807, 2.05) is 0 Å². The van der Waals surface area contributed by atoms with Crippen LogP contribution in [0.5, 0.6) is 11.5 Å². The number of hydrogen-bond acceptors (Lipinski definition) is 5. The number of fused-ring (bicyclic) bond motifs is 1. The number of nitro benzene ring substituents is 1. The molecule has 7 heteroatoms. The minimum absolute atomic E-state index is 0.0468. The van der Waals surface area contributed by atoms with E-state index >= 15 is 0 Å². The molecule has 0 aliphatic heterocycles. The van der Waals surface area contributed by atoms with Crippen LogP contribution in [0, 0.1) is 10.1 Å². The predicted octanol–water partition coefficient (Wildman–Crippen LogP) is 5.46. The second kappa shape index (κ2) is 11.4. The highest BCUT2D eigenvalue weighted by Crippen LogP contribution is 2.34. The van der Waals surface area contributed by atoms with Crippen molar-refractivity contribution in [1.82, 2.24) is 4.57 Å². The van der Waals surface area contributed by atoms with Gasteiger partial charge >= 0.3 is 0 Å². The summed E-state index contributed by atoms with van der Waals surface area (Å²) in [5.41, 5.74) is 0.173. The van der Waals surface area contributed by atoms with Crippen molar-refractivity contribution in [3.8, 4) is 11.5 Å². The fourth-order valence-electron chi connectivity index (χ4n) is 3.45. The largest absolute Gasteiger partial charge is 0.492 e. The number of unbranched alkanes of at least 4 members (excludes halogenated alkanes) is 6. The van der Waals surface area contributed by atoms with Crippen LogP contribution in [-0.2, 0) is 6.54 Å². The van der Waals surface area contributed by atoms with Crippen LogP contribution in [0.25, 0.3) is 10.9 Å². The fraction of sp³-hybridized carbons (Fsp3) is 0.591. The molecule has 2 rings (SSSR count). The van der Waals surface area contributed by atoms with Crippen molar-refractivity contribution in [2.24, 2.45) is 0 Å². The Kier molecular flexibility index (Phi) is 8.96. The molecule has 0 saturated carbocycles. The van der Waals surface area contributed by atoms with Gasteiger partial charge in [0.25, 0.3) is 11.2 Å². The summed E-state index contributed by atoms with van der Waals surface area (Å²) in [6, 6.07) is 4.52. The number of methoxy groups -OCH3 is 1. The second-order valence-corrected chi connectivity index (χ2v) is 7.25. The molecule has 1 heterocycles. The molecule has 7 nitrogen and oxygen atoms in total. The summed E-state index contributed by atoms with van der Waals surface area (Å²) in [6.07, 6.45) is 8.17. The lowest BCUT2D eigenvalue weighted by molar-refractivity contribution is -0.384. The molecule has 0 saturated heterocycles. The summed E-state index contributed by atoms with van der Waals surface area (Å²) in [6.45, 7) is 5.21. The lowest BCUT2D eigenvalue weighted by atomic mass is 10.1. The van der Waals surface area contributed by atoms with Gasteiger partial charge in [0.2, 0.25) is 5.75 Å². The zero-order valence-electron chi connectivity index (χ0n) is 17.7. The summed E-state index contributed by atoms with van der Waals surface area (Å²) in [7, 11) is 1.49. The number of rotatable bonds is 13. The normalized spacial score (nSPS) is 11.0. The van der Waals surface area contributed by atoms with E-state index in [0.29, 0.717) is 29.8 Å². The highest BCUT2D eigenvalue weighted by Gasteiger charge is 2.21. The van der Waals surface area contributed by atoms with Crippen LogP contribution < -0.4 is 15.0 Å². The van der Waals surface area contributed by atoms with E-state index in [4.69, 9.17) is 9.47 Å². The third kappa shape index (κ3) is 5.71. The molecular formula is C22H32N2O5. The SMILES string of the molecule is CCCCCCOc1c(OC)c2ccc([N+](=O)[O-])cc2n(CCCCCC)c1=O. The first-order chi connectivity index (χ1) is 14.0. The molecule has 0 bridgehead atoms. The molecule has 0 atom stereocenters. The number of aromatic nitrogens is 1. The van der Waals surface area contributed by atoms with Gasteiger partial charge in [-0.1, -0.05) is 52.4 Å². The minimum atomic E-state index is -0.448. The van der Waals surface area contributed by atoms with E-state index in [1.54, 1.807) is 10.6 Å². The van der Waals surface area contributed by atoms with Crippen LogP contribution in [-0.4, -0.2) is 23.2 Å². The van der Waals surface area contributed by atoms with Gasteiger partial charge in [0, 0.05) is 24.1 Å². The molecule has 0 aliphatic carbocycles. The monoisotopic (exact) mass is 404 g/mol. The van der Waals surface area contributed by atoms with Gasteiger partial charge < -0.3 is 14.0 Å². The van der Waals surface area contributed by atoms with Crippen molar-refractivity contribution in [2.45, 2.75) is 71.8 Å². The minimum Gasteiger partial charge on any atom is -0.492 e. The summed E-state index contributed by atoms with van der Waals surface area (Å²) in [4.78, 5) is 24.0. The Hall–Kier alpha value is -2.57. The number of benzene rings is 1. The topological polar surface area (TPSA) is 83.6 Å². The maximum atomic E-state index is 13.2. The molecule has 1 aromatic heterocycles. The van der Waals surface area contributed by atoms with Crippen molar-refractivity contribution in [1.29, 1.82) is 0 Å². The fourth-order valence-corrected chi connectivity index (χ4v) is 3.45. The van der Waals surface area contributed by atoms with Crippen LogP contribution >= 0.6 is 0 Å². The van der Waals surface area contributed by atoms with Crippen LogP contribution in [0.2, 0.25) is 0 Å². The third-order valence-corrected chi connectivity index (χ3v) is 5.06. The molecule has 0 radical (unpaired) electrons. The molecule has 0 aliphatic rings.